The minimum atomic E-state index is 0.0741. The van der Waals surface area contributed by atoms with Gasteiger partial charge in [-0.2, -0.15) is 0 Å². The lowest BCUT2D eigenvalue weighted by molar-refractivity contribution is -0.112. The first kappa shape index (κ1) is 11.0. The highest BCUT2D eigenvalue weighted by molar-refractivity contribution is 6.08. The summed E-state index contributed by atoms with van der Waals surface area (Å²) in [6.07, 6.45) is 7.43. The summed E-state index contributed by atoms with van der Waals surface area (Å²) >= 11 is 0. The van der Waals surface area contributed by atoms with E-state index in [0.29, 0.717) is 0 Å². The predicted octanol–water partition coefficient (Wildman–Crippen LogP) is 4.04. The lowest BCUT2D eigenvalue weighted by Gasteiger charge is -2.10. The first-order chi connectivity index (χ1) is 8.75. The predicted molar refractivity (Wildman–Crippen MR) is 75.9 cm³/mol. The number of ketones is 1. The van der Waals surface area contributed by atoms with Gasteiger partial charge in [0.05, 0.1) is 6.42 Å². The smallest absolute Gasteiger partial charge is 0.166 e. The maximum atomic E-state index is 11.7. The van der Waals surface area contributed by atoms with Gasteiger partial charge in [-0.3, -0.25) is 4.79 Å². The number of rotatable bonds is 0. The Kier molecular flexibility index (Phi) is 2.60. The third-order valence-corrected chi connectivity index (χ3v) is 3.28. The van der Waals surface area contributed by atoms with Gasteiger partial charge in [-0.15, -0.1) is 0 Å². The second-order valence-electron chi connectivity index (χ2n) is 4.51. The standard InChI is InChI=1S/C17H13O/c1-12-11-14-10-9-13-5-2-3-6-15(13)16(14)7-4-8-17(12)18/h2-11H,1H3/b7-4-,12-11-. The minimum absolute atomic E-state index is 0.0741. The Hall–Kier alpha value is -2.15. The molecular weight excluding hydrogens is 220 g/mol. The highest BCUT2D eigenvalue weighted by Crippen LogP contribution is 2.27. The molecule has 3 rings (SSSR count). The lowest BCUT2D eigenvalue weighted by Crippen LogP contribution is -2.00. The van der Waals surface area contributed by atoms with Gasteiger partial charge in [-0.25, -0.2) is 0 Å². The van der Waals surface area contributed by atoms with E-state index in [1.54, 1.807) is 6.42 Å². The Labute approximate surface area is 106 Å². The maximum Gasteiger partial charge on any atom is 0.166 e. The van der Waals surface area contributed by atoms with Crippen molar-refractivity contribution in [1.82, 2.24) is 0 Å². The molecule has 18 heavy (non-hydrogen) atoms. The molecule has 1 radical (unpaired) electrons. The topological polar surface area (TPSA) is 17.1 Å². The quantitative estimate of drug-likeness (QED) is 0.671. The average molecular weight is 233 g/mol. The van der Waals surface area contributed by atoms with E-state index in [9.17, 15) is 4.79 Å². The first-order valence-electron chi connectivity index (χ1n) is 6.01. The van der Waals surface area contributed by atoms with Gasteiger partial charge < -0.3 is 0 Å². The highest BCUT2D eigenvalue weighted by atomic mass is 16.1. The summed E-state index contributed by atoms with van der Waals surface area (Å²) in [5.74, 6) is 0.0741. The molecule has 0 saturated heterocycles. The molecule has 0 N–H and O–H groups in total. The van der Waals surface area contributed by atoms with Crippen LogP contribution in [-0.2, 0) is 4.79 Å². The van der Waals surface area contributed by atoms with Crippen molar-refractivity contribution >= 4 is 28.7 Å². The van der Waals surface area contributed by atoms with E-state index in [4.69, 9.17) is 0 Å². The second kappa shape index (κ2) is 4.26. The molecule has 0 unspecified atom stereocenters. The van der Waals surface area contributed by atoms with E-state index in [-0.39, 0.29) is 5.78 Å². The Morgan fingerprint density at radius 2 is 1.83 bits per heavy atom. The van der Waals surface area contributed by atoms with Crippen LogP contribution in [0.4, 0.5) is 0 Å². The number of hydrogen-bond acceptors (Lipinski definition) is 1. The fourth-order valence-electron chi connectivity index (χ4n) is 2.29. The van der Waals surface area contributed by atoms with E-state index >= 15 is 0 Å². The monoisotopic (exact) mass is 233 g/mol. The number of fused-ring (bicyclic) bond motifs is 3. The van der Waals surface area contributed by atoms with Crippen molar-refractivity contribution in [2.45, 2.75) is 6.92 Å². The van der Waals surface area contributed by atoms with Crippen molar-refractivity contribution in [3.05, 3.63) is 65.6 Å². The van der Waals surface area contributed by atoms with Gasteiger partial charge in [0.1, 0.15) is 0 Å². The Morgan fingerprint density at radius 1 is 1.00 bits per heavy atom. The first-order valence-corrected chi connectivity index (χ1v) is 6.01. The molecule has 0 saturated carbocycles. The van der Waals surface area contributed by atoms with Crippen molar-refractivity contribution in [1.29, 1.82) is 0 Å². The fourth-order valence-corrected chi connectivity index (χ4v) is 2.29. The van der Waals surface area contributed by atoms with Crippen LogP contribution in [0.15, 0.2) is 48.0 Å². The van der Waals surface area contributed by atoms with Crippen molar-refractivity contribution in [2.75, 3.05) is 0 Å². The lowest BCUT2D eigenvalue weighted by atomic mass is 9.94. The van der Waals surface area contributed by atoms with E-state index in [1.807, 2.05) is 37.3 Å². The molecular formula is C17H13O. The molecule has 0 aromatic heterocycles. The van der Waals surface area contributed by atoms with Crippen LogP contribution in [0.1, 0.15) is 18.1 Å². The van der Waals surface area contributed by atoms with E-state index in [1.165, 1.54) is 16.3 Å². The van der Waals surface area contributed by atoms with Gasteiger partial charge in [0.2, 0.25) is 0 Å². The molecule has 2 aromatic rings. The molecule has 0 fully saturated rings. The van der Waals surface area contributed by atoms with Crippen molar-refractivity contribution in [3.63, 3.8) is 0 Å². The van der Waals surface area contributed by atoms with Gasteiger partial charge >= 0.3 is 0 Å². The van der Waals surface area contributed by atoms with Gasteiger partial charge in [0, 0.05) is 0 Å². The summed E-state index contributed by atoms with van der Waals surface area (Å²) in [5, 5.41) is 2.44. The number of carbonyl (C=O) groups excluding carboxylic acids is 1. The normalized spacial score (nSPS) is 19.6. The number of allylic oxidation sites excluding steroid dienone is 2. The number of hydrogen-bond donors (Lipinski definition) is 0. The van der Waals surface area contributed by atoms with Crippen molar-refractivity contribution < 1.29 is 4.79 Å². The van der Waals surface area contributed by atoms with Crippen LogP contribution in [-0.4, -0.2) is 5.78 Å². The van der Waals surface area contributed by atoms with Crippen molar-refractivity contribution in [2.24, 2.45) is 0 Å². The van der Waals surface area contributed by atoms with Gasteiger partial charge in [0.15, 0.2) is 5.78 Å². The molecule has 1 heteroatoms. The number of carbonyl (C=O) groups is 1. The van der Waals surface area contributed by atoms with Gasteiger partial charge in [-0.05, 0) is 40.5 Å². The summed E-state index contributed by atoms with van der Waals surface area (Å²) in [6.45, 7) is 1.86. The summed E-state index contributed by atoms with van der Waals surface area (Å²) in [6, 6.07) is 12.5. The minimum Gasteiger partial charge on any atom is -0.294 e. The van der Waals surface area contributed by atoms with Crippen LogP contribution in [0, 0.1) is 6.42 Å². The molecule has 0 spiro atoms. The largest absolute Gasteiger partial charge is 0.294 e. The number of Topliss-reactive ketones (excluding diaryl/α,β-unsaturated/α-hetero) is 1. The summed E-state index contributed by atoms with van der Waals surface area (Å²) in [7, 11) is 0. The Balaban J connectivity index is 2.33. The number of benzene rings is 2. The zero-order valence-electron chi connectivity index (χ0n) is 10.2. The van der Waals surface area contributed by atoms with E-state index < -0.39 is 0 Å². The maximum absolute atomic E-state index is 11.7. The van der Waals surface area contributed by atoms with Crippen LogP contribution in [0.3, 0.4) is 0 Å². The molecule has 87 valence electrons. The Bertz CT molecular complexity index is 690. The molecule has 0 aliphatic heterocycles. The molecule has 1 aliphatic rings. The third kappa shape index (κ3) is 1.78. The SMILES string of the molecule is C/C1=C/c2ccc3ccccc3c2/C=C\[CH]C1=O. The van der Waals surface area contributed by atoms with Crippen LogP contribution in [0.2, 0.25) is 0 Å². The molecule has 2 aromatic carbocycles. The van der Waals surface area contributed by atoms with Crippen LogP contribution in [0.5, 0.6) is 0 Å². The zero-order chi connectivity index (χ0) is 12.5. The third-order valence-electron chi connectivity index (χ3n) is 3.28. The average Bonchev–Trinajstić information content (AvgIpc) is 2.38. The van der Waals surface area contributed by atoms with Crippen LogP contribution >= 0.6 is 0 Å². The molecule has 1 nitrogen and oxygen atoms in total. The summed E-state index contributed by atoms with van der Waals surface area (Å²) in [5.41, 5.74) is 3.05. The highest BCUT2D eigenvalue weighted by Gasteiger charge is 2.09. The van der Waals surface area contributed by atoms with Crippen LogP contribution < -0.4 is 0 Å². The zero-order valence-corrected chi connectivity index (χ0v) is 10.2. The van der Waals surface area contributed by atoms with Gasteiger partial charge in [0.25, 0.3) is 0 Å². The molecule has 1 aliphatic carbocycles. The van der Waals surface area contributed by atoms with E-state index in [2.05, 4.69) is 24.3 Å². The fraction of sp³-hybridized carbons (Fsp3) is 0.0588. The molecule has 0 amide bonds. The van der Waals surface area contributed by atoms with Crippen LogP contribution in [0.25, 0.3) is 22.9 Å². The summed E-state index contributed by atoms with van der Waals surface area (Å²) in [4.78, 5) is 11.7. The van der Waals surface area contributed by atoms with Gasteiger partial charge in [-0.1, -0.05) is 48.6 Å². The van der Waals surface area contributed by atoms with Crippen molar-refractivity contribution in [3.8, 4) is 0 Å². The molecule has 0 heterocycles. The van der Waals surface area contributed by atoms with E-state index in [0.717, 1.165) is 11.1 Å². The molecule has 0 bridgehead atoms. The summed E-state index contributed by atoms with van der Waals surface area (Å²) < 4.78 is 0. The Morgan fingerprint density at radius 3 is 2.72 bits per heavy atom. The second-order valence-corrected chi connectivity index (χ2v) is 4.51. The molecule has 0 atom stereocenters.